The van der Waals surface area contributed by atoms with Crippen LogP contribution in [0.4, 0.5) is 22.7 Å². The molecule has 5 heteroatoms. The zero-order valence-electron chi connectivity index (χ0n) is 40.6. The number of anilines is 4. The summed E-state index contributed by atoms with van der Waals surface area (Å²) in [6.07, 6.45) is 1.86. The van der Waals surface area contributed by atoms with Crippen molar-refractivity contribution >= 4 is 44.6 Å². The van der Waals surface area contributed by atoms with Crippen LogP contribution in [0.2, 0.25) is 0 Å². The maximum absolute atomic E-state index is 9.01. The monoisotopic (exact) mass is 747 g/mol. The minimum Gasteiger partial charge on any atom is -0.457 e. The van der Waals surface area contributed by atoms with Gasteiger partial charge in [-0.2, -0.15) is 0 Å². The van der Waals surface area contributed by atoms with Crippen molar-refractivity contribution in [2.75, 3.05) is 16.5 Å². The third kappa shape index (κ3) is 6.18. The summed E-state index contributed by atoms with van der Waals surface area (Å²) in [5.74, 6) is 2.02. The molecule has 0 saturated carbocycles. The van der Waals surface area contributed by atoms with Crippen molar-refractivity contribution in [2.45, 2.75) is 26.2 Å². The van der Waals surface area contributed by atoms with E-state index in [1.54, 1.807) is 18.2 Å². The summed E-state index contributed by atoms with van der Waals surface area (Å²) in [6, 6.07) is 36.9. The Morgan fingerprint density at radius 2 is 1.26 bits per heavy atom. The van der Waals surface area contributed by atoms with E-state index in [9.17, 15) is 0 Å². The highest BCUT2D eigenvalue weighted by Crippen LogP contribution is 2.50. The summed E-state index contributed by atoms with van der Waals surface area (Å²) >= 11 is 0. The van der Waals surface area contributed by atoms with Gasteiger partial charge in [0.05, 0.1) is 40.4 Å². The number of rotatable bonds is 7. The summed E-state index contributed by atoms with van der Waals surface area (Å²) < 4.78 is 86.6. The maximum atomic E-state index is 9.01. The number of nitrogens with zero attached hydrogens (tertiary/aromatic N) is 4. The average Bonchev–Trinajstić information content (AvgIpc) is 3.86. The van der Waals surface area contributed by atoms with E-state index in [4.69, 9.17) is 22.1 Å². The van der Waals surface area contributed by atoms with Crippen LogP contribution in [-0.2, 0) is 5.41 Å². The number of hydrogen-bond acceptors (Lipinski definition) is 4. The van der Waals surface area contributed by atoms with E-state index in [2.05, 4.69) is 60.6 Å². The minimum absolute atomic E-state index is 0.0290. The number of para-hydroxylation sites is 4. The van der Waals surface area contributed by atoms with E-state index in [1.165, 1.54) is 11.6 Å². The lowest BCUT2D eigenvalue weighted by Gasteiger charge is -2.27. The molecule has 9 aromatic rings. The molecule has 0 N–H and O–H groups in total. The number of aromatic nitrogens is 2. The first-order chi connectivity index (χ1) is 31.6. The molecule has 2 aromatic heterocycles. The van der Waals surface area contributed by atoms with E-state index < -0.39 is 36.3 Å². The molecule has 0 aliphatic carbocycles. The van der Waals surface area contributed by atoms with Gasteiger partial charge in [0.15, 0.2) is 0 Å². The molecule has 276 valence electrons. The summed E-state index contributed by atoms with van der Waals surface area (Å²) in [7, 11) is 0. The van der Waals surface area contributed by atoms with Crippen LogP contribution in [0, 0.1) is 0 Å². The minimum atomic E-state index is -0.520. The zero-order valence-corrected chi connectivity index (χ0v) is 31.6. The SMILES string of the molecule is [2H]c1cc(-c2cccc(-c3c([2H])c([2H])c([2H])c([2H])c3[2H])c2N2CN(c3cccc(Oc4ccc5c6ccccc6n(-c6cc(C(C)(C)C)ccn6)c5c4)c3)c3ccccc32)c([2H])c([2H])c1[2H]. The standard InChI is InChI=1S/C52H42N4O/c1-52(2,3)38-30-31-53-50(32-38)56-46-25-11-10-22-44(46)45-29-28-41(34-49(45)56)57-40-21-14-20-39(33-40)54-35-55(48-27-13-12-26-47(48)54)51-42(36-16-6-4-7-17-36)23-15-24-43(51)37-18-8-5-9-19-37/h4-34H,35H2,1-3H3/i4D,5D,6D,7D,8D,9D,16D,17D,18D. The van der Waals surface area contributed by atoms with Gasteiger partial charge in [0, 0.05) is 45.9 Å². The fraction of sp³-hybridized carbons (Fsp3) is 0.0962. The van der Waals surface area contributed by atoms with E-state index in [0.29, 0.717) is 28.3 Å². The molecular weight excluding hydrogens is 697 g/mol. The first-order valence-corrected chi connectivity index (χ1v) is 18.8. The largest absolute Gasteiger partial charge is 0.457 e. The third-order valence-electron chi connectivity index (χ3n) is 10.5. The summed E-state index contributed by atoms with van der Waals surface area (Å²) in [6.45, 7) is 6.75. The number of fused-ring (bicyclic) bond motifs is 4. The molecule has 0 unspecified atom stereocenters. The van der Waals surface area contributed by atoms with E-state index in [1.807, 2.05) is 83.9 Å². The average molecular weight is 748 g/mol. The van der Waals surface area contributed by atoms with Crippen molar-refractivity contribution < 1.29 is 17.1 Å². The van der Waals surface area contributed by atoms with Crippen LogP contribution >= 0.6 is 0 Å². The zero-order chi connectivity index (χ0) is 46.3. The van der Waals surface area contributed by atoms with Gasteiger partial charge in [-0.1, -0.05) is 136 Å². The Bertz CT molecular complexity index is 3430. The van der Waals surface area contributed by atoms with Gasteiger partial charge in [0.2, 0.25) is 0 Å². The number of benzene rings is 7. The number of ether oxygens (including phenoxy) is 1. The third-order valence-corrected chi connectivity index (χ3v) is 10.5. The second kappa shape index (κ2) is 13.9. The Balaban J connectivity index is 1.08. The quantitative estimate of drug-likeness (QED) is 0.163. The highest BCUT2D eigenvalue weighted by Gasteiger charge is 2.31. The van der Waals surface area contributed by atoms with Crippen LogP contribution in [0.15, 0.2) is 188 Å². The molecule has 0 radical (unpaired) electrons. The van der Waals surface area contributed by atoms with Gasteiger partial charge < -0.3 is 14.5 Å². The van der Waals surface area contributed by atoms with Crippen molar-refractivity contribution in [1.82, 2.24) is 9.55 Å². The molecule has 0 amide bonds. The molecule has 0 atom stereocenters. The Morgan fingerprint density at radius 1 is 0.579 bits per heavy atom. The van der Waals surface area contributed by atoms with Crippen molar-refractivity contribution in [2.24, 2.45) is 0 Å². The van der Waals surface area contributed by atoms with Gasteiger partial charge in [-0.25, -0.2) is 4.98 Å². The highest BCUT2D eigenvalue weighted by molar-refractivity contribution is 6.09. The Hall–Kier alpha value is -7.11. The first-order valence-electron chi connectivity index (χ1n) is 23.3. The Labute approximate surface area is 346 Å². The van der Waals surface area contributed by atoms with Crippen molar-refractivity contribution in [3.63, 3.8) is 0 Å². The smallest absolute Gasteiger partial charge is 0.137 e. The molecule has 0 fully saturated rings. The molecule has 5 nitrogen and oxygen atoms in total. The van der Waals surface area contributed by atoms with Gasteiger partial charge in [-0.3, -0.25) is 4.57 Å². The molecular formula is C52H42N4O. The van der Waals surface area contributed by atoms with Gasteiger partial charge in [0.25, 0.3) is 0 Å². The van der Waals surface area contributed by atoms with Crippen molar-refractivity contribution in [3.05, 3.63) is 194 Å². The molecule has 7 aromatic carbocycles. The van der Waals surface area contributed by atoms with E-state index >= 15 is 0 Å². The molecule has 0 saturated heterocycles. The summed E-state index contributed by atoms with van der Waals surface area (Å²) in [4.78, 5) is 8.87. The lowest BCUT2D eigenvalue weighted by molar-refractivity contribution is 0.483. The molecule has 10 rings (SSSR count). The topological polar surface area (TPSA) is 33.5 Å². The summed E-state index contributed by atoms with van der Waals surface area (Å²) in [5.41, 5.74) is 6.69. The van der Waals surface area contributed by atoms with Crippen LogP contribution in [0.3, 0.4) is 0 Å². The lowest BCUT2D eigenvalue weighted by Crippen LogP contribution is -2.24. The van der Waals surface area contributed by atoms with Crippen molar-refractivity contribution in [3.8, 4) is 39.6 Å². The first kappa shape index (κ1) is 25.9. The molecule has 0 bridgehead atoms. The van der Waals surface area contributed by atoms with Gasteiger partial charge in [0.1, 0.15) is 24.0 Å². The fourth-order valence-electron chi connectivity index (χ4n) is 7.81. The van der Waals surface area contributed by atoms with E-state index in [-0.39, 0.29) is 41.3 Å². The molecule has 3 heterocycles. The molecule has 0 spiro atoms. The Morgan fingerprint density at radius 3 is 2.09 bits per heavy atom. The normalized spacial score (nSPS) is 14.9. The van der Waals surface area contributed by atoms with Gasteiger partial charge >= 0.3 is 0 Å². The van der Waals surface area contributed by atoms with E-state index in [0.717, 1.165) is 44.7 Å². The fourth-order valence-corrected chi connectivity index (χ4v) is 7.81. The summed E-state index contributed by atoms with van der Waals surface area (Å²) in [5, 5.41) is 2.17. The lowest BCUT2D eigenvalue weighted by atomic mass is 9.88. The van der Waals surface area contributed by atoms with Gasteiger partial charge in [-0.15, -0.1) is 0 Å². The predicted molar refractivity (Wildman–Crippen MR) is 237 cm³/mol. The predicted octanol–water partition coefficient (Wildman–Crippen LogP) is 13.8. The Kier molecular flexibility index (Phi) is 6.30. The maximum Gasteiger partial charge on any atom is 0.137 e. The van der Waals surface area contributed by atoms with Crippen LogP contribution in [0.1, 0.15) is 38.7 Å². The second-order valence-electron chi connectivity index (χ2n) is 15.0. The molecule has 1 aliphatic heterocycles. The number of hydrogen-bond donors (Lipinski definition) is 0. The second-order valence-corrected chi connectivity index (χ2v) is 15.0. The van der Waals surface area contributed by atoms with Crippen LogP contribution < -0.4 is 14.5 Å². The van der Waals surface area contributed by atoms with Crippen molar-refractivity contribution in [1.29, 1.82) is 0 Å². The van der Waals surface area contributed by atoms with Crippen LogP contribution in [0.5, 0.6) is 11.5 Å². The molecule has 1 aliphatic rings. The van der Waals surface area contributed by atoms with Crippen LogP contribution in [-0.4, -0.2) is 16.2 Å². The number of pyridine rings is 1. The highest BCUT2D eigenvalue weighted by atomic mass is 16.5. The molecule has 57 heavy (non-hydrogen) atoms. The van der Waals surface area contributed by atoms with Gasteiger partial charge in [-0.05, 0) is 76.7 Å². The van der Waals surface area contributed by atoms with Crippen LogP contribution in [0.25, 0.3) is 49.9 Å².